The number of nitrogens with one attached hydrogen (secondary N) is 2. The van der Waals surface area contributed by atoms with Crippen LogP contribution in [0.3, 0.4) is 0 Å². The van der Waals surface area contributed by atoms with Crippen molar-refractivity contribution < 1.29 is 9.53 Å². The van der Waals surface area contributed by atoms with E-state index in [0.29, 0.717) is 23.2 Å². The monoisotopic (exact) mass is 254 g/mol. The van der Waals surface area contributed by atoms with Crippen LogP contribution < -0.4 is 15.4 Å². The van der Waals surface area contributed by atoms with Crippen LogP contribution in [0.25, 0.3) is 0 Å². The number of rotatable bonds is 4. The Morgan fingerprint density at radius 2 is 2.53 bits per heavy atom. The van der Waals surface area contributed by atoms with E-state index in [1.165, 1.54) is 17.8 Å². The number of methoxy groups -OCH3 is 1. The average molecular weight is 254 g/mol. The van der Waals surface area contributed by atoms with Crippen molar-refractivity contribution in [2.45, 2.75) is 25.8 Å². The van der Waals surface area contributed by atoms with Crippen molar-refractivity contribution in [3.05, 3.63) is 15.8 Å². The number of hydrogen-bond donors (Lipinski definition) is 2. The third-order valence-corrected chi connectivity index (χ3v) is 3.95. The molecule has 1 aliphatic heterocycles. The Balaban J connectivity index is 1.93. The minimum atomic E-state index is -0.0337. The highest BCUT2D eigenvalue weighted by Crippen LogP contribution is 2.28. The smallest absolute Gasteiger partial charge is 0.265 e. The second-order valence-corrected chi connectivity index (χ2v) is 5.51. The quantitative estimate of drug-likeness (QED) is 0.857. The first-order chi connectivity index (χ1) is 8.20. The van der Waals surface area contributed by atoms with Crippen LogP contribution in [0.4, 0.5) is 0 Å². The molecule has 1 unspecified atom stereocenters. The Bertz CT molecular complexity index is 397. The molecule has 94 valence electrons. The molecule has 0 saturated carbocycles. The predicted octanol–water partition coefficient (Wildman–Crippen LogP) is 1.55. The summed E-state index contributed by atoms with van der Waals surface area (Å²) in [7, 11) is 1.59. The molecule has 2 rings (SSSR count). The van der Waals surface area contributed by atoms with E-state index in [4.69, 9.17) is 4.74 Å². The number of thiophene rings is 1. The highest BCUT2D eigenvalue weighted by atomic mass is 32.1. The molecule has 1 fully saturated rings. The second kappa shape index (κ2) is 5.51. The summed E-state index contributed by atoms with van der Waals surface area (Å²) in [6.45, 7) is 3.73. The van der Waals surface area contributed by atoms with Gasteiger partial charge in [0.15, 0.2) is 0 Å². The van der Waals surface area contributed by atoms with Gasteiger partial charge >= 0.3 is 0 Å². The van der Waals surface area contributed by atoms with E-state index in [-0.39, 0.29) is 5.91 Å². The van der Waals surface area contributed by atoms with Gasteiger partial charge in [0.05, 0.1) is 7.11 Å². The lowest BCUT2D eigenvalue weighted by Gasteiger charge is -2.11. The van der Waals surface area contributed by atoms with E-state index in [1.807, 2.05) is 13.0 Å². The maximum Gasteiger partial charge on any atom is 0.265 e. The molecule has 1 amide bonds. The number of aryl methyl sites for hydroxylation is 1. The predicted molar refractivity (Wildman–Crippen MR) is 69.0 cm³/mol. The Hall–Kier alpha value is -1.07. The third-order valence-electron chi connectivity index (χ3n) is 2.92. The number of ether oxygens (including phenoxy) is 1. The fourth-order valence-electron chi connectivity index (χ4n) is 2.03. The van der Waals surface area contributed by atoms with Crippen molar-refractivity contribution in [3.63, 3.8) is 0 Å². The fourth-order valence-corrected chi connectivity index (χ4v) is 2.92. The molecule has 0 radical (unpaired) electrons. The van der Waals surface area contributed by atoms with Crippen LogP contribution in [0, 0.1) is 6.92 Å². The first-order valence-corrected chi connectivity index (χ1v) is 6.68. The van der Waals surface area contributed by atoms with Gasteiger partial charge in [0.25, 0.3) is 5.91 Å². The molecule has 0 aliphatic carbocycles. The van der Waals surface area contributed by atoms with E-state index < -0.39 is 0 Å². The Labute approximate surface area is 105 Å². The molecule has 2 N–H and O–H groups in total. The molecule has 4 nitrogen and oxygen atoms in total. The summed E-state index contributed by atoms with van der Waals surface area (Å²) in [5.74, 6) is 0.637. The number of carbonyl (C=O) groups excluding carboxylic acids is 1. The molecule has 1 aromatic heterocycles. The Morgan fingerprint density at radius 3 is 3.18 bits per heavy atom. The standard InChI is InChI=1S/C12H18N2O2S/c1-8-6-10(16-2)11(17-8)12(15)14-7-9-4-3-5-13-9/h6,9,13H,3-5,7H2,1-2H3,(H,14,15). The number of hydrogen-bond acceptors (Lipinski definition) is 4. The van der Waals surface area contributed by atoms with Gasteiger partial charge in [-0.25, -0.2) is 0 Å². The highest BCUT2D eigenvalue weighted by Gasteiger charge is 2.18. The molecule has 0 bridgehead atoms. The summed E-state index contributed by atoms with van der Waals surface area (Å²) in [6.07, 6.45) is 2.34. The summed E-state index contributed by atoms with van der Waals surface area (Å²) in [6, 6.07) is 2.32. The average Bonchev–Trinajstić information content (AvgIpc) is 2.94. The Kier molecular flexibility index (Phi) is 4.02. The molecule has 2 heterocycles. The van der Waals surface area contributed by atoms with Crippen LogP contribution in [0.1, 0.15) is 27.4 Å². The normalized spacial score (nSPS) is 19.3. The van der Waals surface area contributed by atoms with E-state index >= 15 is 0 Å². The zero-order chi connectivity index (χ0) is 12.3. The number of carbonyl (C=O) groups is 1. The minimum Gasteiger partial charge on any atom is -0.495 e. The Morgan fingerprint density at radius 1 is 1.71 bits per heavy atom. The molecule has 1 saturated heterocycles. The van der Waals surface area contributed by atoms with Gasteiger partial charge in [-0.15, -0.1) is 11.3 Å². The van der Waals surface area contributed by atoms with Gasteiger partial charge in [0.2, 0.25) is 0 Å². The first-order valence-electron chi connectivity index (χ1n) is 5.86. The minimum absolute atomic E-state index is 0.0337. The molecular formula is C12H18N2O2S. The lowest BCUT2D eigenvalue weighted by Crippen LogP contribution is -2.36. The van der Waals surface area contributed by atoms with Gasteiger partial charge in [-0.3, -0.25) is 4.79 Å². The van der Waals surface area contributed by atoms with Crippen LogP contribution >= 0.6 is 11.3 Å². The molecule has 5 heteroatoms. The van der Waals surface area contributed by atoms with Gasteiger partial charge in [-0.2, -0.15) is 0 Å². The largest absolute Gasteiger partial charge is 0.495 e. The van der Waals surface area contributed by atoms with Crippen molar-refractivity contribution in [3.8, 4) is 5.75 Å². The summed E-state index contributed by atoms with van der Waals surface area (Å²) in [4.78, 5) is 13.7. The lowest BCUT2D eigenvalue weighted by atomic mass is 10.2. The van der Waals surface area contributed by atoms with Crippen molar-refractivity contribution in [1.29, 1.82) is 0 Å². The van der Waals surface area contributed by atoms with E-state index in [0.717, 1.165) is 17.8 Å². The highest BCUT2D eigenvalue weighted by molar-refractivity contribution is 7.14. The molecule has 1 aliphatic rings. The summed E-state index contributed by atoms with van der Waals surface area (Å²) < 4.78 is 5.19. The first kappa shape index (κ1) is 12.4. The van der Waals surface area contributed by atoms with Gasteiger partial charge in [-0.1, -0.05) is 0 Å². The van der Waals surface area contributed by atoms with Crippen LogP contribution in [-0.2, 0) is 0 Å². The van der Waals surface area contributed by atoms with Crippen molar-refractivity contribution >= 4 is 17.2 Å². The summed E-state index contributed by atoms with van der Waals surface area (Å²) in [5.41, 5.74) is 0. The second-order valence-electron chi connectivity index (χ2n) is 4.26. The van der Waals surface area contributed by atoms with E-state index in [1.54, 1.807) is 7.11 Å². The van der Waals surface area contributed by atoms with Crippen molar-refractivity contribution in [2.24, 2.45) is 0 Å². The fraction of sp³-hybridized carbons (Fsp3) is 0.583. The molecule has 0 aromatic carbocycles. The molecular weight excluding hydrogens is 236 g/mol. The zero-order valence-corrected chi connectivity index (χ0v) is 11.0. The third kappa shape index (κ3) is 2.98. The maximum atomic E-state index is 12.0. The molecule has 0 spiro atoms. The summed E-state index contributed by atoms with van der Waals surface area (Å²) >= 11 is 1.47. The van der Waals surface area contributed by atoms with Gasteiger partial charge in [0.1, 0.15) is 10.6 Å². The molecule has 1 atom stereocenters. The van der Waals surface area contributed by atoms with Gasteiger partial charge < -0.3 is 15.4 Å². The van der Waals surface area contributed by atoms with Gasteiger partial charge in [-0.05, 0) is 32.4 Å². The lowest BCUT2D eigenvalue weighted by molar-refractivity contribution is 0.0951. The van der Waals surface area contributed by atoms with Gasteiger partial charge in [0, 0.05) is 17.5 Å². The van der Waals surface area contributed by atoms with Crippen molar-refractivity contribution in [1.82, 2.24) is 10.6 Å². The maximum absolute atomic E-state index is 12.0. The summed E-state index contributed by atoms with van der Waals surface area (Å²) in [5, 5.41) is 6.31. The van der Waals surface area contributed by atoms with Crippen LogP contribution in [0.2, 0.25) is 0 Å². The van der Waals surface area contributed by atoms with Crippen LogP contribution in [0.5, 0.6) is 5.75 Å². The van der Waals surface area contributed by atoms with Crippen molar-refractivity contribution in [2.75, 3.05) is 20.2 Å². The molecule has 17 heavy (non-hydrogen) atoms. The number of amides is 1. The van der Waals surface area contributed by atoms with E-state index in [2.05, 4.69) is 10.6 Å². The van der Waals surface area contributed by atoms with E-state index in [9.17, 15) is 4.79 Å². The molecule has 1 aromatic rings. The zero-order valence-electron chi connectivity index (χ0n) is 10.2. The van der Waals surface area contributed by atoms with Crippen LogP contribution in [0.15, 0.2) is 6.07 Å². The van der Waals surface area contributed by atoms with Crippen LogP contribution in [-0.4, -0.2) is 32.1 Å². The topological polar surface area (TPSA) is 50.4 Å². The SMILES string of the molecule is COc1cc(C)sc1C(=O)NCC1CCCN1.